The second-order valence-corrected chi connectivity index (χ2v) is 11.6. The summed E-state index contributed by atoms with van der Waals surface area (Å²) in [6.07, 6.45) is -1.02. The van der Waals surface area contributed by atoms with Crippen molar-refractivity contribution in [2.45, 2.75) is 57.6 Å². The van der Waals surface area contributed by atoms with Crippen LogP contribution in [-0.4, -0.2) is 34.1 Å². The lowest BCUT2D eigenvalue weighted by atomic mass is 9.93. The van der Waals surface area contributed by atoms with Crippen LogP contribution in [0.4, 0.5) is 5.69 Å². The zero-order valence-electron chi connectivity index (χ0n) is 22.1. The number of hydrogen-bond acceptors (Lipinski definition) is 5. The summed E-state index contributed by atoms with van der Waals surface area (Å²) in [6.45, 7) is 9.84. The van der Waals surface area contributed by atoms with Crippen LogP contribution in [0.1, 0.15) is 55.0 Å². The maximum atomic E-state index is 13.6. The Morgan fingerprint density at radius 2 is 1.73 bits per heavy atom. The average molecular weight is 523 g/mol. The third-order valence-electron chi connectivity index (χ3n) is 6.67. The molecule has 0 saturated heterocycles. The van der Waals surface area contributed by atoms with Crippen LogP contribution in [0.2, 0.25) is 0 Å². The molecule has 1 heterocycles. The first-order valence-corrected chi connectivity index (χ1v) is 13.8. The fourth-order valence-electron chi connectivity index (χ4n) is 4.64. The third kappa shape index (κ3) is 5.30. The van der Waals surface area contributed by atoms with Gasteiger partial charge in [-0.1, -0.05) is 38.1 Å². The Bertz CT molecular complexity index is 1400. The molecule has 3 aromatic carbocycles. The standard InChI is InChI=1S/C29H34N2O5S/c1-18(2)23-16-24(20(4)15-26(23)35-6)21(5)30-29(32)28-17-31(25-13-12-19(3)14-27(25)36-28)37(33,34)22-10-8-7-9-11-22/h7-16,18,21,28H,17H2,1-6H3,(H,30,32)/t21-,28+/m0/s1. The van der Waals surface area contributed by atoms with E-state index in [1.807, 2.05) is 32.9 Å². The largest absolute Gasteiger partial charge is 0.496 e. The first kappa shape index (κ1) is 26.5. The highest BCUT2D eigenvalue weighted by Crippen LogP contribution is 2.38. The van der Waals surface area contributed by atoms with Gasteiger partial charge in [-0.15, -0.1) is 0 Å². The highest BCUT2D eigenvalue weighted by Gasteiger charge is 2.38. The predicted octanol–water partition coefficient (Wildman–Crippen LogP) is 5.27. The fourth-order valence-corrected chi connectivity index (χ4v) is 6.14. The number of aryl methyl sites for hydroxylation is 2. The molecule has 0 radical (unpaired) electrons. The quantitative estimate of drug-likeness (QED) is 0.457. The summed E-state index contributed by atoms with van der Waals surface area (Å²) in [7, 11) is -2.25. The van der Waals surface area contributed by atoms with E-state index in [-0.39, 0.29) is 29.3 Å². The highest BCUT2D eigenvalue weighted by molar-refractivity contribution is 7.92. The molecule has 0 aliphatic carbocycles. The molecule has 7 nitrogen and oxygen atoms in total. The van der Waals surface area contributed by atoms with Crippen molar-refractivity contribution in [1.82, 2.24) is 5.32 Å². The summed E-state index contributed by atoms with van der Waals surface area (Å²) in [6, 6.07) is 17.3. The van der Waals surface area contributed by atoms with E-state index in [1.54, 1.807) is 49.6 Å². The molecule has 4 rings (SSSR count). The molecule has 3 aromatic rings. The van der Waals surface area contributed by atoms with Crippen LogP contribution < -0.4 is 19.1 Å². The van der Waals surface area contributed by atoms with Crippen molar-refractivity contribution >= 4 is 21.6 Å². The monoisotopic (exact) mass is 522 g/mol. The number of fused-ring (bicyclic) bond motifs is 1. The van der Waals surface area contributed by atoms with Gasteiger partial charge in [0.25, 0.3) is 15.9 Å². The van der Waals surface area contributed by atoms with Gasteiger partial charge in [-0.05, 0) is 85.3 Å². The Kier molecular flexibility index (Phi) is 7.50. The number of nitrogens with zero attached hydrogens (tertiary/aromatic N) is 1. The Morgan fingerprint density at radius 3 is 2.38 bits per heavy atom. The SMILES string of the molecule is COc1cc(C)c([C@H](C)NC(=O)[C@H]2CN(S(=O)(=O)c3ccccc3)c3ccc(C)cc3O2)cc1C(C)C. The molecule has 0 bridgehead atoms. The molecule has 0 aromatic heterocycles. The number of benzene rings is 3. The van der Waals surface area contributed by atoms with Crippen LogP contribution in [0.3, 0.4) is 0 Å². The van der Waals surface area contributed by atoms with E-state index in [2.05, 4.69) is 25.2 Å². The van der Waals surface area contributed by atoms with Crippen LogP contribution in [0.5, 0.6) is 11.5 Å². The van der Waals surface area contributed by atoms with Crippen LogP contribution in [-0.2, 0) is 14.8 Å². The molecule has 1 aliphatic heterocycles. The Hall–Kier alpha value is -3.52. The van der Waals surface area contributed by atoms with E-state index in [9.17, 15) is 13.2 Å². The lowest BCUT2D eigenvalue weighted by molar-refractivity contribution is -0.128. The third-order valence-corrected chi connectivity index (χ3v) is 8.47. The van der Waals surface area contributed by atoms with Gasteiger partial charge in [0.15, 0.2) is 6.10 Å². The number of anilines is 1. The molecule has 196 valence electrons. The van der Waals surface area contributed by atoms with Crippen molar-refractivity contribution in [1.29, 1.82) is 0 Å². The van der Waals surface area contributed by atoms with Gasteiger partial charge < -0.3 is 14.8 Å². The maximum absolute atomic E-state index is 13.6. The van der Waals surface area contributed by atoms with Gasteiger partial charge in [-0.3, -0.25) is 9.10 Å². The van der Waals surface area contributed by atoms with E-state index in [0.717, 1.165) is 28.0 Å². The lowest BCUT2D eigenvalue weighted by Crippen LogP contribution is -2.51. The van der Waals surface area contributed by atoms with Crippen LogP contribution in [0, 0.1) is 13.8 Å². The average Bonchev–Trinajstić information content (AvgIpc) is 2.87. The molecule has 8 heteroatoms. The van der Waals surface area contributed by atoms with Gasteiger partial charge in [0, 0.05) is 0 Å². The first-order valence-electron chi connectivity index (χ1n) is 12.4. The molecule has 1 amide bonds. The summed E-state index contributed by atoms with van der Waals surface area (Å²) in [5, 5.41) is 3.04. The number of hydrogen-bond donors (Lipinski definition) is 1. The molecule has 0 fully saturated rings. The van der Waals surface area contributed by atoms with Gasteiger partial charge in [0.2, 0.25) is 0 Å². The highest BCUT2D eigenvalue weighted by atomic mass is 32.2. The minimum absolute atomic E-state index is 0.134. The molecule has 1 N–H and O–H groups in total. The molecule has 0 saturated carbocycles. The van der Waals surface area contributed by atoms with Crippen molar-refractivity contribution in [2.75, 3.05) is 18.0 Å². The van der Waals surface area contributed by atoms with E-state index in [0.29, 0.717) is 11.4 Å². The van der Waals surface area contributed by atoms with E-state index in [1.165, 1.54) is 4.31 Å². The number of methoxy groups -OCH3 is 1. The molecular formula is C29H34N2O5S. The van der Waals surface area contributed by atoms with Gasteiger partial charge in [0.05, 0.1) is 30.3 Å². The van der Waals surface area contributed by atoms with Crippen molar-refractivity contribution in [3.63, 3.8) is 0 Å². The van der Waals surface area contributed by atoms with Crippen LogP contribution in [0.25, 0.3) is 0 Å². The molecule has 1 aliphatic rings. The van der Waals surface area contributed by atoms with Gasteiger partial charge in [-0.2, -0.15) is 0 Å². The number of nitrogens with one attached hydrogen (secondary N) is 1. The number of amides is 1. The van der Waals surface area contributed by atoms with Crippen molar-refractivity contribution in [3.05, 3.63) is 82.9 Å². The zero-order valence-corrected chi connectivity index (χ0v) is 22.9. The second kappa shape index (κ2) is 10.5. The topological polar surface area (TPSA) is 84.9 Å². The first-order chi connectivity index (χ1) is 17.5. The fraction of sp³-hybridized carbons (Fsp3) is 0.345. The van der Waals surface area contributed by atoms with Gasteiger partial charge in [-0.25, -0.2) is 8.42 Å². The van der Waals surface area contributed by atoms with Gasteiger partial charge in [0.1, 0.15) is 11.5 Å². The lowest BCUT2D eigenvalue weighted by Gasteiger charge is -2.35. The summed E-state index contributed by atoms with van der Waals surface area (Å²) in [4.78, 5) is 13.6. The molecule has 37 heavy (non-hydrogen) atoms. The smallest absolute Gasteiger partial charge is 0.264 e. The number of ether oxygens (including phenoxy) is 2. The van der Waals surface area contributed by atoms with Crippen molar-refractivity contribution in [3.8, 4) is 11.5 Å². The summed E-state index contributed by atoms with van der Waals surface area (Å²) >= 11 is 0. The normalized spacial score (nSPS) is 16.1. The number of sulfonamides is 1. The Labute approximate surface area is 219 Å². The van der Waals surface area contributed by atoms with Gasteiger partial charge >= 0.3 is 0 Å². The predicted molar refractivity (Wildman–Crippen MR) is 145 cm³/mol. The Balaban J connectivity index is 1.64. The van der Waals surface area contributed by atoms with E-state index >= 15 is 0 Å². The molecule has 0 spiro atoms. The number of carbonyl (C=O) groups is 1. The van der Waals surface area contributed by atoms with E-state index in [4.69, 9.17) is 9.47 Å². The summed E-state index contributed by atoms with van der Waals surface area (Å²) < 4.78 is 40.0. The molecular weight excluding hydrogens is 488 g/mol. The summed E-state index contributed by atoms with van der Waals surface area (Å²) in [5.74, 6) is 1.05. The van der Waals surface area contributed by atoms with Crippen molar-refractivity contribution < 1.29 is 22.7 Å². The Morgan fingerprint density at radius 1 is 1.03 bits per heavy atom. The maximum Gasteiger partial charge on any atom is 0.264 e. The summed E-state index contributed by atoms with van der Waals surface area (Å²) in [5.41, 5.74) is 4.34. The minimum Gasteiger partial charge on any atom is -0.496 e. The number of rotatable bonds is 7. The zero-order chi connectivity index (χ0) is 26.9. The molecule has 2 atom stereocenters. The minimum atomic E-state index is -3.91. The van der Waals surface area contributed by atoms with E-state index < -0.39 is 16.1 Å². The molecule has 0 unspecified atom stereocenters. The van der Waals surface area contributed by atoms with Crippen molar-refractivity contribution in [2.24, 2.45) is 0 Å². The number of carbonyl (C=O) groups excluding carboxylic acids is 1. The van der Waals surface area contributed by atoms with Crippen LogP contribution >= 0.6 is 0 Å². The second-order valence-electron chi connectivity index (χ2n) is 9.76. The van der Waals surface area contributed by atoms with Crippen LogP contribution in [0.15, 0.2) is 65.6 Å².